The minimum atomic E-state index is 0.0199. The molecule has 1 aromatic carbocycles. The van der Waals surface area contributed by atoms with Crippen molar-refractivity contribution < 1.29 is 9.53 Å². The fraction of sp³-hybridized carbons (Fsp3) is 0.250. The number of benzene rings is 1. The second-order valence-corrected chi connectivity index (χ2v) is 4.92. The van der Waals surface area contributed by atoms with Crippen LogP contribution in [0.3, 0.4) is 0 Å². The van der Waals surface area contributed by atoms with Crippen molar-refractivity contribution in [1.29, 1.82) is 0 Å². The van der Waals surface area contributed by atoms with Gasteiger partial charge in [0, 0.05) is 12.1 Å². The predicted molar refractivity (Wildman–Crippen MR) is 76.7 cm³/mol. The molecule has 1 aliphatic carbocycles. The topological polar surface area (TPSA) is 51.2 Å². The number of para-hydroxylation sites is 1. The van der Waals surface area contributed by atoms with Crippen molar-refractivity contribution in [2.24, 2.45) is 5.92 Å². The Morgan fingerprint density at radius 2 is 2.15 bits per heavy atom. The summed E-state index contributed by atoms with van der Waals surface area (Å²) in [5.74, 6) is 1.18. The molecule has 0 aliphatic heterocycles. The Hall–Kier alpha value is -2.36. The number of methoxy groups -OCH3 is 1. The van der Waals surface area contributed by atoms with Crippen LogP contribution in [0.2, 0.25) is 0 Å². The van der Waals surface area contributed by atoms with Gasteiger partial charge in [-0.1, -0.05) is 18.2 Å². The predicted octanol–water partition coefficient (Wildman–Crippen LogP) is 2.83. The quantitative estimate of drug-likeness (QED) is 0.927. The van der Waals surface area contributed by atoms with Crippen LogP contribution in [-0.4, -0.2) is 18.0 Å². The molecular weight excluding hydrogens is 252 g/mol. The lowest BCUT2D eigenvalue weighted by Gasteiger charge is -2.08. The highest BCUT2D eigenvalue weighted by molar-refractivity contribution is 5.95. The van der Waals surface area contributed by atoms with E-state index in [1.165, 1.54) is 0 Å². The second kappa shape index (κ2) is 5.33. The summed E-state index contributed by atoms with van der Waals surface area (Å²) in [4.78, 5) is 16.2. The van der Waals surface area contributed by atoms with E-state index in [9.17, 15) is 4.79 Å². The maximum atomic E-state index is 12.2. The molecule has 4 heteroatoms. The van der Waals surface area contributed by atoms with Gasteiger partial charge in [-0.15, -0.1) is 0 Å². The number of carbonyl (C=O) groups is 1. The Kier molecular flexibility index (Phi) is 3.37. The van der Waals surface area contributed by atoms with Crippen LogP contribution < -0.4 is 10.1 Å². The summed E-state index contributed by atoms with van der Waals surface area (Å²) in [6.45, 7) is 0. The van der Waals surface area contributed by atoms with Gasteiger partial charge in [0.15, 0.2) is 0 Å². The summed E-state index contributed by atoms with van der Waals surface area (Å²) in [7, 11) is 1.66. The van der Waals surface area contributed by atoms with Crippen LogP contribution in [0, 0.1) is 5.92 Å². The zero-order valence-electron chi connectivity index (χ0n) is 11.2. The van der Waals surface area contributed by atoms with Crippen LogP contribution in [0.25, 0.3) is 0 Å². The fourth-order valence-electron chi connectivity index (χ4n) is 2.47. The molecule has 1 aromatic heterocycles. The average molecular weight is 268 g/mol. The van der Waals surface area contributed by atoms with Crippen LogP contribution in [0.5, 0.6) is 5.75 Å². The highest BCUT2D eigenvalue weighted by atomic mass is 16.5. The second-order valence-electron chi connectivity index (χ2n) is 4.92. The number of ether oxygens (including phenoxy) is 1. The van der Waals surface area contributed by atoms with Crippen molar-refractivity contribution in [2.75, 3.05) is 12.4 Å². The van der Waals surface area contributed by atoms with E-state index < -0.39 is 0 Å². The molecule has 1 N–H and O–H groups in total. The monoisotopic (exact) mass is 268 g/mol. The highest BCUT2D eigenvalue weighted by Crippen LogP contribution is 2.50. The molecule has 1 fully saturated rings. The van der Waals surface area contributed by atoms with Crippen LogP contribution >= 0.6 is 0 Å². The molecule has 0 bridgehead atoms. The highest BCUT2D eigenvalue weighted by Gasteiger charge is 2.45. The number of hydrogen-bond donors (Lipinski definition) is 1. The molecule has 1 aliphatic rings. The van der Waals surface area contributed by atoms with Crippen LogP contribution in [0.1, 0.15) is 17.9 Å². The smallest absolute Gasteiger partial charge is 0.228 e. The Labute approximate surface area is 117 Å². The molecule has 1 heterocycles. The van der Waals surface area contributed by atoms with Gasteiger partial charge in [0.05, 0.1) is 19.0 Å². The van der Waals surface area contributed by atoms with E-state index in [-0.39, 0.29) is 17.7 Å². The van der Waals surface area contributed by atoms with Crippen LogP contribution in [0.15, 0.2) is 48.8 Å². The lowest BCUT2D eigenvalue weighted by Crippen LogP contribution is -2.14. The summed E-state index contributed by atoms with van der Waals surface area (Å²) in [6.07, 6.45) is 4.20. The number of pyridine rings is 1. The Bertz CT molecular complexity index is 613. The van der Waals surface area contributed by atoms with Gasteiger partial charge in [-0.2, -0.15) is 0 Å². The first-order valence-electron chi connectivity index (χ1n) is 6.63. The number of amides is 1. The Morgan fingerprint density at radius 3 is 2.90 bits per heavy atom. The summed E-state index contributed by atoms with van der Waals surface area (Å²) >= 11 is 0. The van der Waals surface area contributed by atoms with Crippen molar-refractivity contribution in [2.45, 2.75) is 12.3 Å². The van der Waals surface area contributed by atoms with E-state index >= 15 is 0 Å². The van der Waals surface area contributed by atoms with Crippen molar-refractivity contribution in [1.82, 2.24) is 4.98 Å². The minimum Gasteiger partial charge on any atom is -0.496 e. The van der Waals surface area contributed by atoms with Crippen molar-refractivity contribution in [3.63, 3.8) is 0 Å². The number of rotatable bonds is 4. The van der Waals surface area contributed by atoms with Crippen LogP contribution in [0.4, 0.5) is 5.69 Å². The standard InChI is InChI=1S/C16H16N2O2/c1-20-15-7-3-2-6-12(15)13-9-14(13)16(19)18-11-5-4-8-17-10-11/h2-8,10,13-14H,9H2,1H3,(H,18,19)/t13-,14+/m1/s1. The molecule has 2 atom stereocenters. The van der Waals surface area contributed by atoms with E-state index in [1.54, 1.807) is 25.6 Å². The average Bonchev–Trinajstić information content (AvgIpc) is 3.28. The number of anilines is 1. The van der Waals surface area contributed by atoms with Gasteiger partial charge in [0.25, 0.3) is 0 Å². The van der Waals surface area contributed by atoms with Gasteiger partial charge in [-0.25, -0.2) is 0 Å². The molecule has 0 spiro atoms. The van der Waals surface area contributed by atoms with Gasteiger partial charge in [0.2, 0.25) is 5.91 Å². The molecular formula is C16H16N2O2. The largest absolute Gasteiger partial charge is 0.496 e. The first-order chi connectivity index (χ1) is 9.79. The van der Waals surface area contributed by atoms with E-state index in [0.29, 0.717) is 0 Å². The molecule has 1 saturated carbocycles. The van der Waals surface area contributed by atoms with E-state index in [1.807, 2.05) is 30.3 Å². The zero-order chi connectivity index (χ0) is 13.9. The summed E-state index contributed by atoms with van der Waals surface area (Å²) in [6, 6.07) is 11.5. The lowest BCUT2D eigenvalue weighted by molar-refractivity contribution is -0.117. The molecule has 2 aromatic rings. The zero-order valence-corrected chi connectivity index (χ0v) is 11.2. The summed E-state index contributed by atoms with van der Waals surface area (Å²) in [5.41, 5.74) is 1.85. The summed E-state index contributed by atoms with van der Waals surface area (Å²) in [5, 5.41) is 2.90. The summed E-state index contributed by atoms with van der Waals surface area (Å²) < 4.78 is 5.35. The third-order valence-corrected chi connectivity index (χ3v) is 3.59. The van der Waals surface area contributed by atoms with Crippen molar-refractivity contribution in [3.05, 3.63) is 54.4 Å². The fourth-order valence-corrected chi connectivity index (χ4v) is 2.47. The third kappa shape index (κ3) is 2.50. The Balaban J connectivity index is 1.68. The molecule has 0 unspecified atom stereocenters. The molecule has 0 saturated heterocycles. The van der Waals surface area contributed by atoms with Gasteiger partial charge < -0.3 is 10.1 Å². The number of aromatic nitrogens is 1. The SMILES string of the molecule is COc1ccccc1[C@H]1C[C@@H]1C(=O)Nc1cccnc1. The molecule has 3 rings (SSSR count). The van der Waals surface area contributed by atoms with E-state index in [2.05, 4.69) is 10.3 Å². The Morgan fingerprint density at radius 1 is 1.30 bits per heavy atom. The molecule has 1 amide bonds. The van der Waals surface area contributed by atoms with Gasteiger partial charge in [-0.3, -0.25) is 9.78 Å². The van der Waals surface area contributed by atoms with E-state index in [0.717, 1.165) is 23.4 Å². The van der Waals surface area contributed by atoms with Crippen molar-refractivity contribution >= 4 is 11.6 Å². The maximum Gasteiger partial charge on any atom is 0.228 e. The van der Waals surface area contributed by atoms with Crippen molar-refractivity contribution in [3.8, 4) is 5.75 Å². The number of hydrogen-bond acceptors (Lipinski definition) is 3. The minimum absolute atomic E-state index is 0.0199. The van der Waals surface area contributed by atoms with E-state index in [4.69, 9.17) is 4.74 Å². The molecule has 20 heavy (non-hydrogen) atoms. The number of carbonyl (C=O) groups excluding carboxylic acids is 1. The normalized spacial score (nSPS) is 20.2. The maximum absolute atomic E-state index is 12.2. The third-order valence-electron chi connectivity index (χ3n) is 3.59. The van der Waals surface area contributed by atoms with Gasteiger partial charge in [0.1, 0.15) is 5.75 Å². The first-order valence-corrected chi connectivity index (χ1v) is 6.63. The molecule has 0 radical (unpaired) electrons. The number of nitrogens with one attached hydrogen (secondary N) is 1. The van der Waals surface area contributed by atoms with Crippen LogP contribution in [-0.2, 0) is 4.79 Å². The lowest BCUT2D eigenvalue weighted by atomic mass is 10.1. The molecule has 102 valence electrons. The first kappa shape index (κ1) is 12.7. The molecule has 4 nitrogen and oxygen atoms in total. The van der Waals surface area contributed by atoms with Gasteiger partial charge in [-0.05, 0) is 36.1 Å². The van der Waals surface area contributed by atoms with Gasteiger partial charge >= 0.3 is 0 Å². The number of nitrogens with zero attached hydrogens (tertiary/aromatic N) is 1.